The van der Waals surface area contributed by atoms with Crippen molar-refractivity contribution in [1.29, 1.82) is 0 Å². The van der Waals surface area contributed by atoms with E-state index in [0.717, 1.165) is 20.5 Å². The van der Waals surface area contributed by atoms with Gasteiger partial charge in [-0.3, -0.25) is 9.89 Å². The number of nitrogens with zero attached hydrogens (tertiary/aromatic N) is 4. The molecule has 0 saturated heterocycles. The number of aromatic nitrogens is 5. The van der Waals surface area contributed by atoms with Gasteiger partial charge in [-0.05, 0) is 38.3 Å². The molecule has 0 aliphatic carbocycles. The first-order valence-electron chi connectivity index (χ1n) is 9.37. The van der Waals surface area contributed by atoms with E-state index < -0.39 is 10.0 Å². The van der Waals surface area contributed by atoms with Gasteiger partial charge in [-0.25, -0.2) is 22.8 Å². The average Bonchev–Trinajstić information content (AvgIpc) is 3.44. The van der Waals surface area contributed by atoms with E-state index in [1.54, 1.807) is 31.3 Å². The third kappa shape index (κ3) is 4.37. The van der Waals surface area contributed by atoms with Gasteiger partial charge < -0.3 is 0 Å². The summed E-state index contributed by atoms with van der Waals surface area (Å²) in [6.07, 6.45) is 0. The van der Waals surface area contributed by atoms with Crippen molar-refractivity contribution in [2.24, 2.45) is 0 Å². The monoisotopic (exact) mass is 476 g/mol. The Morgan fingerprint density at radius 1 is 1.16 bits per heavy atom. The summed E-state index contributed by atoms with van der Waals surface area (Å²) in [5.41, 5.74) is 2.01. The number of H-pyrrole nitrogens is 1. The second-order valence-electron chi connectivity index (χ2n) is 6.85. The van der Waals surface area contributed by atoms with Crippen LogP contribution in [0.5, 0.6) is 0 Å². The van der Waals surface area contributed by atoms with Gasteiger partial charge in [0.1, 0.15) is 15.6 Å². The van der Waals surface area contributed by atoms with Gasteiger partial charge in [0.15, 0.2) is 0 Å². The van der Waals surface area contributed by atoms with Gasteiger partial charge in [-0.1, -0.05) is 6.07 Å². The van der Waals surface area contributed by atoms with Gasteiger partial charge in [0.05, 0.1) is 33.4 Å². The van der Waals surface area contributed by atoms with E-state index in [-0.39, 0.29) is 23.5 Å². The quantitative estimate of drug-likeness (QED) is 0.423. The minimum atomic E-state index is -3.75. The van der Waals surface area contributed by atoms with Crippen LogP contribution in [0.2, 0.25) is 0 Å². The number of sulfonamides is 1. The second-order valence-corrected chi connectivity index (χ2v) is 10.5. The molecule has 0 aliphatic rings. The minimum Gasteiger partial charge on any atom is -0.281 e. The zero-order chi connectivity index (χ0) is 22.2. The Kier molecular flexibility index (Phi) is 5.88. The zero-order valence-electron chi connectivity index (χ0n) is 17.0. The second kappa shape index (κ2) is 8.46. The van der Waals surface area contributed by atoms with E-state index in [2.05, 4.69) is 25.0 Å². The lowest BCUT2D eigenvalue weighted by Crippen LogP contribution is -2.32. The summed E-state index contributed by atoms with van der Waals surface area (Å²) >= 11 is 3.13. The summed E-state index contributed by atoms with van der Waals surface area (Å²) in [5.74, 6) is 0. The van der Waals surface area contributed by atoms with Crippen molar-refractivity contribution >= 4 is 32.7 Å². The molecule has 0 spiro atoms. The fourth-order valence-corrected chi connectivity index (χ4v) is 6.38. The smallest absolute Gasteiger partial charge is 0.266 e. The van der Waals surface area contributed by atoms with Crippen molar-refractivity contribution in [3.8, 4) is 20.5 Å². The van der Waals surface area contributed by atoms with Gasteiger partial charge in [0.2, 0.25) is 10.0 Å². The Morgan fingerprint density at radius 2 is 1.97 bits per heavy atom. The fourth-order valence-electron chi connectivity index (χ4n) is 3.16. The Bertz CT molecular complexity index is 1360. The number of aryl methyl sites for hydroxylation is 3. The molecule has 0 unspecified atom stereocenters. The van der Waals surface area contributed by atoms with E-state index in [4.69, 9.17) is 0 Å². The van der Waals surface area contributed by atoms with Crippen LogP contribution in [0.4, 0.5) is 0 Å². The molecule has 31 heavy (non-hydrogen) atoms. The summed E-state index contributed by atoms with van der Waals surface area (Å²) in [7, 11) is -3.75. The van der Waals surface area contributed by atoms with Crippen LogP contribution in [-0.4, -0.2) is 39.9 Å². The maximum atomic E-state index is 12.6. The topological polar surface area (TPSA) is 123 Å². The van der Waals surface area contributed by atoms with E-state index in [1.807, 2.05) is 24.4 Å². The highest BCUT2D eigenvalue weighted by atomic mass is 32.2. The Balaban J connectivity index is 1.54. The molecule has 162 valence electrons. The SMILES string of the molecule is Cc1nc(-c2cccs2)sc1-c1ccc(=O)n(CCNS(=O)(=O)c2c(C)n[nH]c2C)n1. The summed E-state index contributed by atoms with van der Waals surface area (Å²) in [4.78, 5) is 19.0. The van der Waals surface area contributed by atoms with Gasteiger partial charge in [-0.15, -0.1) is 22.7 Å². The lowest BCUT2D eigenvalue weighted by Gasteiger charge is -2.09. The Hall–Kier alpha value is -2.67. The van der Waals surface area contributed by atoms with Crippen molar-refractivity contribution < 1.29 is 8.42 Å². The summed E-state index contributed by atoms with van der Waals surface area (Å²) < 4.78 is 28.9. The standard InChI is InChI=1S/C19H20N6O3S3/c1-11-17(30-19(21-11)15-5-4-10-29-15)14-6-7-16(26)25(24-14)9-8-20-31(27,28)18-12(2)22-23-13(18)3/h4-7,10,20H,8-9H2,1-3H3,(H,22,23). The van der Waals surface area contributed by atoms with Crippen molar-refractivity contribution in [3.05, 3.63) is 57.1 Å². The summed E-state index contributed by atoms with van der Waals surface area (Å²) in [5, 5.41) is 13.9. The Labute approximate surface area is 186 Å². The largest absolute Gasteiger partial charge is 0.281 e. The molecular weight excluding hydrogens is 456 g/mol. The van der Waals surface area contributed by atoms with Gasteiger partial charge in [0, 0.05) is 12.6 Å². The molecule has 0 saturated carbocycles. The van der Waals surface area contributed by atoms with Crippen LogP contribution < -0.4 is 10.3 Å². The average molecular weight is 477 g/mol. The molecule has 0 aromatic carbocycles. The molecule has 4 aromatic rings. The van der Waals surface area contributed by atoms with Crippen LogP contribution in [0.3, 0.4) is 0 Å². The highest BCUT2D eigenvalue weighted by Crippen LogP contribution is 2.35. The van der Waals surface area contributed by atoms with E-state index >= 15 is 0 Å². The van der Waals surface area contributed by atoms with Crippen LogP contribution in [0.15, 0.2) is 39.3 Å². The maximum absolute atomic E-state index is 12.6. The fraction of sp³-hybridized carbons (Fsp3) is 0.263. The molecule has 4 aromatic heterocycles. The molecule has 4 rings (SSSR count). The third-order valence-corrected chi connectivity index (χ3v) is 8.51. The van der Waals surface area contributed by atoms with Crippen LogP contribution >= 0.6 is 22.7 Å². The van der Waals surface area contributed by atoms with Crippen LogP contribution in [0.25, 0.3) is 20.5 Å². The first-order valence-corrected chi connectivity index (χ1v) is 12.6. The lowest BCUT2D eigenvalue weighted by atomic mass is 10.3. The predicted molar refractivity (Wildman–Crippen MR) is 121 cm³/mol. The first-order chi connectivity index (χ1) is 14.8. The van der Waals surface area contributed by atoms with Gasteiger partial charge in [0.25, 0.3) is 5.56 Å². The van der Waals surface area contributed by atoms with Crippen molar-refractivity contribution in [2.75, 3.05) is 6.54 Å². The zero-order valence-corrected chi connectivity index (χ0v) is 19.5. The normalized spacial score (nSPS) is 11.8. The number of aromatic amines is 1. The lowest BCUT2D eigenvalue weighted by molar-refractivity contribution is 0.548. The highest BCUT2D eigenvalue weighted by molar-refractivity contribution is 7.89. The molecule has 0 atom stereocenters. The molecule has 0 amide bonds. The van der Waals surface area contributed by atoms with Crippen LogP contribution in [-0.2, 0) is 16.6 Å². The molecular formula is C19H20N6O3S3. The molecule has 2 N–H and O–H groups in total. The summed E-state index contributed by atoms with van der Waals surface area (Å²) in [6, 6.07) is 7.09. The van der Waals surface area contributed by atoms with Crippen LogP contribution in [0, 0.1) is 20.8 Å². The van der Waals surface area contributed by atoms with Crippen molar-refractivity contribution in [1.82, 2.24) is 29.7 Å². The third-order valence-electron chi connectivity index (χ3n) is 4.57. The molecule has 0 fully saturated rings. The van der Waals surface area contributed by atoms with Gasteiger partial charge >= 0.3 is 0 Å². The summed E-state index contributed by atoms with van der Waals surface area (Å²) in [6.45, 7) is 5.29. The van der Waals surface area contributed by atoms with Crippen molar-refractivity contribution in [3.63, 3.8) is 0 Å². The maximum Gasteiger partial charge on any atom is 0.266 e. The number of thiophene rings is 1. The molecule has 0 radical (unpaired) electrons. The van der Waals surface area contributed by atoms with E-state index in [1.165, 1.54) is 22.1 Å². The number of thiazole rings is 1. The highest BCUT2D eigenvalue weighted by Gasteiger charge is 2.22. The number of hydrogen-bond acceptors (Lipinski definition) is 8. The van der Waals surface area contributed by atoms with E-state index in [0.29, 0.717) is 17.1 Å². The first kappa shape index (κ1) is 21.6. The van der Waals surface area contributed by atoms with Crippen LogP contribution in [0.1, 0.15) is 17.1 Å². The molecule has 12 heteroatoms. The van der Waals surface area contributed by atoms with Gasteiger partial charge in [-0.2, -0.15) is 10.2 Å². The number of hydrogen-bond donors (Lipinski definition) is 2. The van der Waals surface area contributed by atoms with E-state index in [9.17, 15) is 13.2 Å². The molecule has 0 bridgehead atoms. The molecule has 9 nitrogen and oxygen atoms in total. The molecule has 4 heterocycles. The Morgan fingerprint density at radius 3 is 2.65 bits per heavy atom. The molecule has 0 aliphatic heterocycles. The number of nitrogens with one attached hydrogen (secondary N) is 2. The minimum absolute atomic E-state index is 0.0187. The predicted octanol–water partition coefficient (Wildman–Crippen LogP) is 2.72. The number of rotatable bonds is 7. The van der Waals surface area contributed by atoms with Crippen molar-refractivity contribution in [2.45, 2.75) is 32.2 Å².